The van der Waals surface area contributed by atoms with E-state index >= 15 is 0 Å². The van der Waals surface area contributed by atoms with Crippen molar-refractivity contribution in [3.8, 4) is 0 Å². The van der Waals surface area contributed by atoms with Gasteiger partial charge >= 0.3 is 0 Å². The zero-order chi connectivity index (χ0) is 19.5. The van der Waals surface area contributed by atoms with Crippen LogP contribution in [0.25, 0.3) is 0 Å². The number of likely N-dealkylation sites (tertiary alicyclic amines) is 1. The van der Waals surface area contributed by atoms with Crippen LogP contribution in [-0.4, -0.2) is 53.1 Å². The number of benzene rings is 1. The lowest BCUT2D eigenvalue weighted by molar-refractivity contribution is -0.130. The average molecular weight is 381 g/mol. The number of hydrogen-bond acceptors (Lipinski definition) is 3. The Morgan fingerprint density at radius 2 is 2.00 bits per heavy atom. The highest BCUT2D eigenvalue weighted by molar-refractivity contribution is 5.73. The van der Waals surface area contributed by atoms with Gasteiger partial charge in [0, 0.05) is 38.8 Å². The highest BCUT2D eigenvalue weighted by atomic mass is 16.3. The molecule has 3 aliphatic rings. The maximum Gasteiger partial charge on any atom is 0.219 e. The fraction of sp³-hybridized carbons (Fsp3) is 0.542. The van der Waals surface area contributed by atoms with Crippen molar-refractivity contribution in [2.45, 2.75) is 51.6 Å². The van der Waals surface area contributed by atoms with E-state index in [0.29, 0.717) is 12.3 Å². The second kappa shape index (κ2) is 8.52. The van der Waals surface area contributed by atoms with Crippen molar-refractivity contribution in [2.24, 2.45) is 5.92 Å². The van der Waals surface area contributed by atoms with Gasteiger partial charge in [-0.05, 0) is 73.3 Å². The number of fused-ring (bicyclic) bond motifs is 1. The number of aliphatic hydroxyl groups is 1. The molecule has 0 spiro atoms. The first kappa shape index (κ1) is 19.3. The number of hydrogen-bond donors (Lipinski definition) is 1. The van der Waals surface area contributed by atoms with Gasteiger partial charge < -0.3 is 14.9 Å². The van der Waals surface area contributed by atoms with Gasteiger partial charge in [-0.2, -0.15) is 0 Å². The maximum atomic E-state index is 11.6. The predicted molar refractivity (Wildman–Crippen MR) is 112 cm³/mol. The monoisotopic (exact) mass is 380 g/mol. The van der Waals surface area contributed by atoms with E-state index in [0.717, 1.165) is 58.3 Å². The first-order valence-corrected chi connectivity index (χ1v) is 10.8. The quantitative estimate of drug-likeness (QED) is 0.854. The summed E-state index contributed by atoms with van der Waals surface area (Å²) < 4.78 is 0. The van der Waals surface area contributed by atoms with E-state index in [1.165, 1.54) is 22.4 Å². The van der Waals surface area contributed by atoms with Crippen molar-refractivity contribution < 1.29 is 9.90 Å². The van der Waals surface area contributed by atoms with Crippen LogP contribution in [0.5, 0.6) is 0 Å². The number of piperidine rings is 1. The van der Waals surface area contributed by atoms with Crippen LogP contribution in [0.4, 0.5) is 0 Å². The van der Waals surface area contributed by atoms with Gasteiger partial charge in [0.1, 0.15) is 0 Å². The Bertz CT molecular complexity index is 783. The third kappa shape index (κ3) is 4.49. The normalized spacial score (nSPS) is 22.8. The van der Waals surface area contributed by atoms with E-state index in [9.17, 15) is 9.90 Å². The van der Waals surface area contributed by atoms with Gasteiger partial charge in [0.2, 0.25) is 5.91 Å². The van der Waals surface area contributed by atoms with Crippen LogP contribution in [0.15, 0.2) is 42.1 Å². The van der Waals surface area contributed by atoms with E-state index in [2.05, 4.69) is 41.3 Å². The van der Waals surface area contributed by atoms with Gasteiger partial charge in [-0.3, -0.25) is 4.79 Å². The molecule has 1 unspecified atom stereocenters. The number of carbonyl (C=O) groups is 1. The third-order valence-electron chi connectivity index (χ3n) is 6.51. The number of allylic oxidation sites excluding steroid dienone is 3. The van der Waals surface area contributed by atoms with Crippen molar-refractivity contribution in [1.29, 1.82) is 0 Å². The fourth-order valence-electron chi connectivity index (χ4n) is 4.84. The number of aliphatic hydroxyl groups excluding tert-OH is 1. The molecule has 2 heterocycles. The maximum absolute atomic E-state index is 11.6. The van der Waals surface area contributed by atoms with E-state index in [4.69, 9.17) is 0 Å². The molecule has 0 saturated carbocycles. The molecule has 4 rings (SSSR count). The van der Waals surface area contributed by atoms with Crippen LogP contribution in [0, 0.1) is 5.92 Å². The minimum Gasteiger partial charge on any atom is -0.393 e. The summed E-state index contributed by atoms with van der Waals surface area (Å²) in [6, 6.07) is 6.78. The van der Waals surface area contributed by atoms with Gasteiger partial charge in [0.15, 0.2) is 0 Å². The van der Waals surface area contributed by atoms with Crippen LogP contribution in [0.2, 0.25) is 0 Å². The van der Waals surface area contributed by atoms with Crippen LogP contribution < -0.4 is 0 Å². The summed E-state index contributed by atoms with van der Waals surface area (Å²) in [5, 5.41) is 10.7. The van der Waals surface area contributed by atoms with Gasteiger partial charge in [-0.1, -0.05) is 24.3 Å². The lowest BCUT2D eigenvalue weighted by Crippen LogP contribution is -2.39. The Kier molecular flexibility index (Phi) is 5.86. The number of nitrogens with zero attached hydrogens (tertiary/aromatic N) is 2. The minimum atomic E-state index is -0.331. The molecule has 1 amide bonds. The summed E-state index contributed by atoms with van der Waals surface area (Å²) in [7, 11) is 0. The van der Waals surface area contributed by atoms with E-state index < -0.39 is 0 Å². The minimum absolute atomic E-state index is 0.159. The summed E-state index contributed by atoms with van der Waals surface area (Å²) in [6.45, 7) is 5.47. The van der Waals surface area contributed by atoms with Gasteiger partial charge in [0.05, 0.1) is 6.10 Å². The molecule has 1 N–H and O–H groups in total. The van der Waals surface area contributed by atoms with Crippen LogP contribution in [0.1, 0.15) is 42.9 Å². The molecule has 4 nitrogen and oxygen atoms in total. The summed E-state index contributed by atoms with van der Waals surface area (Å²) in [5.74, 6) is 0.581. The predicted octanol–water partition coefficient (Wildman–Crippen LogP) is 3.09. The summed E-state index contributed by atoms with van der Waals surface area (Å²) in [4.78, 5) is 16.0. The molecular weight excluding hydrogens is 348 g/mol. The van der Waals surface area contributed by atoms with Gasteiger partial charge in [0.25, 0.3) is 0 Å². The molecule has 1 aliphatic carbocycles. The summed E-state index contributed by atoms with van der Waals surface area (Å²) in [5.41, 5.74) is 5.49. The lowest BCUT2D eigenvalue weighted by atomic mass is 9.89. The summed E-state index contributed by atoms with van der Waals surface area (Å²) in [6.07, 6.45) is 12.0. The lowest BCUT2D eigenvalue weighted by Gasteiger charge is -2.33. The van der Waals surface area contributed by atoms with E-state index in [1.54, 1.807) is 6.92 Å². The first-order valence-electron chi connectivity index (χ1n) is 10.8. The van der Waals surface area contributed by atoms with Crippen LogP contribution in [-0.2, 0) is 24.1 Å². The molecule has 2 aliphatic heterocycles. The smallest absolute Gasteiger partial charge is 0.219 e. The summed E-state index contributed by atoms with van der Waals surface area (Å²) >= 11 is 0. The second-order valence-corrected chi connectivity index (χ2v) is 8.61. The topological polar surface area (TPSA) is 43.8 Å². The molecule has 1 fully saturated rings. The van der Waals surface area contributed by atoms with Crippen molar-refractivity contribution >= 4 is 5.91 Å². The molecule has 0 aromatic heterocycles. The Hall–Kier alpha value is -2.07. The van der Waals surface area contributed by atoms with Gasteiger partial charge in [-0.25, -0.2) is 0 Å². The zero-order valence-electron chi connectivity index (χ0n) is 16.9. The second-order valence-electron chi connectivity index (χ2n) is 8.61. The van der Waals surface area contributed by atoms with Crippen LogP contribution >= 0.6 is 0 Å². The van der Waals surface area contributed by atoms with E-state index in [-0.39, 0.29) is 12.0 Å². The number of rotatable bonds is 5. The molecular formula is C24H32N2O2. The Balaban J connectivity index is 1.33. The molecule has 2 atom stereocenters. The molecule has 1 aromatic carbocycles. The standard InChI is InChI=1S/C24H32N2O2/c1-18(27)26-11-3-4-20(17-26)16-24(28)15-19-7-8-21-9-12-25(23-5-2-6-23)13-10-22(21)14-19/h2,5-8,14,20,24,28H,3-4,9-13,15-17H2,1H3/t20-,24?/m1/s1. The van der Waals surface area contributed by atoms with Crippen LogP contribution in [0.3, 0.4) is 0 Å². The molecule has 1 aromatic rings. The molecule has 0 radical (unpaired) electrons. The van der Waals surface area contributed by atoms with Crippen molar-refractivity contribution in [2.75, 3.05) is 26.2 Å². The number of amides is 1. The van der Waals surface area contributed by atoms with Crippen molar-refractivity contribution in [1.82, 2.24) is 9.80 Å². The highest BCUT2D eigenvalue weighted by Crippen LogP contribution is 2.25. The highest BCUT2D eigenvalue weighted by Gasteiger charge is 2.24. The van der Waals surface area contributed by atoms with Crippen molar-refractivity contribution in [3.63, 3.8) is 0 Å². The molecule has 4 heteroatoms. The average Bonchev–Trinajstić information content (AvgIpc) is 2.83. The van der Waals surface area contributed by atoms with Crippen molar-refractivity contribution in [3.05, 3.63) is 58.8 Å². The Morgan fingerprint density at radius 1 is 1.21 bits per heavy atom. The first-order chi connectivity index (χ1) is 13.6. The number of carbonyl (C=O) groups excluding carboxylic acids is 1. The molecule has 0 bridgehead atoms. The zero-order valence-corrected chi connectivity index (χ0v) is 16.9. The molecule has 28 heavy (non-hydrogen) atoms. The fourth-order valence-corrected chi connectivity index (χ4v) is 4.84. The van der Waals surface area contributed by atoms with E-state index in [1.807, 2.05) is 4.90 Å². The van der Waals surface area contributed by atoms with Gasteiger partial charge in [-0.15, -0.1) is 0 Å². The molecule has 150 valence electrons. The third-order valence-corrected chi connectivity index (χ3v) is 6.51. The SMILES string of the molecule is CC(=O)N1CCC[C@H](CC(O)Cc2ccc3c(c2)CCN(C2=CC=C2)CC3)C1. The Morgan fingerprint density at radius 3 is 2.71 bits per heavy atom. The Labute approximate surface area is 168 Å². The molecule has 1 saturated heterocycles. The largest absolute Gasteiger partial charge is 0.393 e.